The number of benzene rings is 3. The topological polar surface area (TPSA) is 60.4 Å². The molecular weight excluding hydrogens is 360 g/mol. The minimum Gasteiger partial charge on any atom is -0.378 e. The van der Waals surface area contributed by atoms with Crippen LogP contribution in [0.1, 0.15) is 21.5 Å². The molecule has 0 aliphatic carbocycles. The minimum absolute atomic E-state index is 0.0762. The molecule has 0 aliphatic rings. The highest BCUT2D eigenvalue weighted by atomic mass is 32.2. The highest BCUT2D eigenvalue weighted by Crippen LogP contribution is 2.24. The molecule has 136 valence electrons. The van der Waals surface area contributed by atoms with Crippen LogP contribution in [-0.4, -0.2) is 14.2 Å². The maximum absolute atomic E-state index is 12.5. The first-order valence-electron chi connectivity index (χ1n) is 8.33. The molecular formula is C22H18O4S. The Morgan fingerprint density at radius 3 is 2.19 bits per heavy atom. The summed E-state index contributed by atoms with van der Waals surface area (Å²) in [6, 6.07) is 21.9. The van der Waals surface area contributed by atoms with Gasteiger partial charge in [0.25, 0.3) is 0 Å². The monoisotopic (exact) mass is 378 g/mol. The third kappa shape index (κ3) is 4.71. The molecule has 0 radical (unpaired) electrons. The number of ketones is 1. The molecule has 0 atom stereocenters. The van der Waals surface area contributed by atoms with Gasteiger partial charge in [0.15, 0.2) is 5.78 Å². The lowest BCUT2D eigenvalue weighted by molar-refractivity contribution is 0.104. The van der Waals surface area contributed by atoms with E-state index >= 15 is 0 Å². The molecule has 0 aliphatic heterocycles. The Hall–Kier alpha value is -3.18. The number of hydrogen-bond acceptors (Lipinski definition) is 4. The van der Waals surface area contributed by atoms with E-state index in [-0.39, 0.29) is 16.4 Å². The molecule has 0 aromatic heterocycles. The van der Waals surface area contributed by atoms with Gasteiger partial charge in [-0.1, -0.05) is 66.2 Å². The van der Waals surface area contributed by atoms with Gasteiger partial charge < -0.3 is 4.18 Å². The standard InChI is InChI=1S/C22H18O4S/c1-17-11-14-20(15-12-17)27(24,25)26-22-10-6-5-9-19(22)13-16-21(23)18-7-3-2-4-8-18/h2-16H,1H3. The van der Waals surface area contributed by atoms with Crippen LogP contribution >= 0.6 is 0 Å². The van der Waals surface area contributed by atoms with Crippen LogP contribution < -0.4 is 4.18 Å². The van der Waals surface area contributed by atoms with Gasteiger partial charge in [-0.05, 0) is 37.3 Å². The summed E-state index contributed by atoms with van der Waals surface area (Å²) in [7, 11) is -3.96. The summed E-state index contributed by atoms with van der Waals surface area (Å²) in [5, 5.41) is 0. The molecule has 0 heterocycles. The van der Waals surface area contributed by atoms with E-state index in [1.54, 1.807) is 66.7 Å². The third-order valence-corrected chi connectivity index (χ3v) is 5.15. The zero-order valence-electron chi connectivity index (χ0n) is 14.7. The van der Waals surface area contributed by atoms with Crippen molar-refractivity contribution >= 4 is 22.0 Å². The fourth-order valence-electron chi connectivity index (χ4n) is 2.43. The van der Waals surface area contributed by atoms with Crippen LogP contribution in [0.3, 0.4) is 0 Å². The molecule has 3 aromatic rings. The van der Waals surface area contributed by atoms with E-state index < -0.39 is 10.1 Å². The number of para-hydroxylation sites is 1. The van der Waals surface area contributed by atoms with Crippen LogP contribution in [0.2, 0.25) is 0 Å². The van der Waals surface area contributed by atoms with Crippen molar-refractivity contribution in [2.45, 2.75) is 11.8 Å². The smallest absolute Gasteiger partial charge is 0.339 e. The predicted octanol–water partition coefficient (Wildman–Crippen LogP) is 4.66. The molecule has 3 aromatic carbocycles. The quantitative estimate of drug-likeness (QED) is 0.356. The van der Waals surface area contributed by atoms with Crippen molar-refractivity contribution in [3.63, 3.8) is 0 Å². The van der Waals surface area contributed by atoms with Crippen molar-refractivity contribution < 1.29 is 17.4 Å². The summed E-state index contributed by atoms with van der Waals surface area (Å²) in [4.78, 5) is 12.3. The van der Waals surface area contributed by atoms with Crippen molar-refractivity contribution in [1.29, 1.82) is 0 Å². The lowest BCUT2D eigenvalue weighted by Crippen LogP contribution is -2.10. The lowest BCUT2D eigenvalue weighted by Gasteiger charge is -2.09. The van der Waals surface area contributed by atoms with Crippen molar-refractivity contribution in [2.75, 3.05) is 0 Å². The molecule has 5 heteroatoms. The molecule has 4 nitrogen and oxygen atoms in total. The summed E-state index contributed by atoms with van der Waals surface area (Å²) >= 11 is 0. The van der Waals surface area contributed by atoms with Gasteiger partial charge in [0.05, 0.1) is 0 Å². The first-order valence-corrected chi connectivity index (χ1v) is 9.74. The van der Waals surface area contributed by atoms with E-state index in [9.17, 15) is 13.2 Å². The predicted molar refractivity (Wildman–Crippen MR) is 105 cm³/mol. The van der Waals surface area contributed by atoms with Crippen LogP contribution in [0.25, 0.3) is 6.08 Å². The number of carbonyl (C=O) groups excluding carboxylic acids is 1. The van der Waals surface area contributed by atoms with E-state index in [1.807, 2.05) is 13.0 Å². The van der Waals surface area contributed by atoms with E-state index in [0.717, 1.165) is 5.56 Å². The molecule has 0 unspecified atom stereocenters. The Labute approximate surface area is 158 Å². The SMILES string of the molecule is Cc1ccc(S(=O)(=O)Oc2ccccc2C=CC(=O)c2ccccc2)cc1. The largest absolute Gasteiger partial charge is 0.378 e. The molecule has 0 fully saturated rings. The molecule has 0 saturated heterocycles. The van der Waals surface area contributed by atoms with Gasteiger partial charge >= 0.3 is 10.1 Å². The number of aryl methyl sites for hydroxylation is 1. The molecule has 27 heavy (non-hydrogen) atoms. The van der Waals surface area contributed by atoms with Crippen molar-refractivity contribution in [2.24, 2.45) is 0 Å². The number of allylic oxidation sites excluding steroid dienone is 1. The highest BCUT2D eigenvalue weighted by Gasteiger charge is 2.17. The number of carbonyl (C=O) groups is 1. The Balaban J connectivity index is 1.85. The second kappa shape index (κ2) is 8.01. The van der Waals surface area contributed by atoms with Crippen molar-refractivity contribution in [1.82, 2.24) is 0 Å². The van der Waals surface area contributed by atoms with Gasteiger partial charge in [-0.2, -0.15) is 8.42 Å². The van der Waals surface area contributed by atoms with E-state index in [0.29, 0.717) is 11.1 Å². The lowest BCUT2D eigenvalue weighted by atomic mass is 10.1. The van der Waals surface area contributed by atoms with E-state index in [1.165, 1.54) is 18.2 Å². The summed E-state index contributed by atoms with van der Waals surface area (Å²) in [6.07, 6.45) is 2.95. The summed E-state index contributed by atoms with van der Waals surface area (Å²) in [5.41, 5.74) is 2.01. The molecule has 0 N–H and O–H groups in total. The van der Waals surface area contributed by atoms with Gasteiger partial charge in [0.1, 0.15) is 10.6 Å². The van der Waals surface area contributed by atoms with Crippen LogP contribution in [0.4, 0.5) is 0 Å². The van der Waals surface area contributed by atoms with Gasteiger partial charge in [0, 0.05) is 11.1 Å². The first-order chi connectivity index (χ1) is 13.0. The van der Waals surface area contributed by atoms with Crippen LogP contribution in [0, 0.1) is 6.92 Å². The molecule has 0 spiro atoms. The number of rotatable bonds is 6. The van der Waals surface area contributed by atoms with E-state index in [2.05, 4.69) is 0 Å². The zero-order valence-corrected chi connectivity index (χ0v) is 15.5. The van der Waals surface area contributed by atoms with Crippen molar-refractivity contribution in [3.05, 3.63) is 102 Å². The first kappa shape index (κ1) is 18.6. The second-order valence-electron chi connectivity index (χ2n) is 5.95. The number of hydrogen-bond donors (Lipinski definition) is 0. The van der Waals surface area contributed by atoms with Gasteiger partial charge in [0.2, 0.25) is 0 Å². The fourth-order valence-corrected chi connectivity index (χ4v) is 3.38. The Bertz CT molecular complexity index is 1070. The molecule has 3 rings (SSSR count). The summed E-state index contributed by atoms with van der Waals surface area (Å²) < 4.78 is 30.3. The molecule has 0 amide bonds. The van der Waals surface area contributed by atoms with Crippen LogP contribution in [-0.2, 0) is 10.1 Å². The minimum atomic E-state index is -3.96. The highest BCUT2D eigenvalue weighted by molar-refractivity contribution is 7.87. The summed E-state index contributed by atoms with van der Waals surface area (Å²) in [5.74, 6) is -0.0121. The summed E-state index contributed by atoms with van der Waals surface area (Å²) in [6.45, 7) is 1.88. The van der Waals surface area contributed by atoms with Gasteiger partial charge in [-0.3, -0.25) is 4.79 Å². The Kier molecular flexibility index (Phi) is 5.52. The third-order valence-electron chi connectivity index (χ3n) is 3.90. The van der Waals surface area contributed by atoms with Gasteiger partial charge in [-0.15, -0.1) is 0 Å². The van der Waals surface area contributed by atoms with Crippen molar-refractivity contribution in [3.8, 4) is 5.75 Å². The Morgan fingerprint density at radius 1 is 0.852 bits per heavy atom. The Morgan fingerprint density at radius 2 is 1.48 bits per heavy atom. The van der Waals surface area contributed by atoms with Gasteiger partial charge in [-0.25, -0.2) is 0 Å². The second-order valence-corrected chi connectivity index (χ2v) is 7.50. The normalized spacial score (nSPS) is 11.4. The van der Waals surface area contributed by atoms with Crippen LogP contribution in [0.15, 0.2) is 89.8 Å². The fraction of sp³-hybridized carbons (Fsp3) is 0.0455. The average Bonchev–Trinajstić information content (AvgIpc) is 2.68. The molecule has 0 saturated carbocycles. The average molecular weight is 378 g/mol. The molecule has 0 bridgehead atoms. The maximum Gasteiger partial charge on any atom is 0.339 e. The maximum atomic E-state index is 12.5. The van der Waals surface area contributed by atoms with Crippen LogP contribution in [0.5, 0.6) is 5.75 Å². The van der Waals surface area contributed by atoms with E-state index in [4.69, 9.17) is 4.18 Å². The zero-order chi connectivity index (χ0) is 19.3.